The molecule has 6 unspecified atom stereocenters. The van der Waals surface area contributed by atoms with Crippen molar-refractivity contribution in [3.05, 3.63) is 10.1 Å². The Balaban J connectivity index is 1.26. The van der Waals surface area contributed by atoms with Gasteiger partial charge < -0.3 is 0 Å². The number of nitro groups is 1. The third-order valence-corrected chi connectivity index (χ3v) is 60.5. The van der Waals surface area contributed by atoms with E-state index >= 15 is 0 Å². The van der Waals surface area contributed by atoms with Crippen LogP contribution in [0.2, 0.25) is 47.7 Å². The van der Waals surface area contributed by atoms with Gasteiger partial charge in [-0.2, -0.15) is 0 Å². The summed E-state index contributed by atoms with van der Waals surface area (Å²) in [6.45, 7) is 1.08. The molecule has 11 heterocycles. The van der Waals surface area contributed by atoms with E-state index in [1.807, 2.05) is 6.92 Å². The molecular weight excluding hydrogens is 332 g/mol. The summed E-state index contributed by atoms with van der Waals surface area (Å²) in [6.07, 6.45) is 3.92. The number of rotatable bonds is 4. The molecule has 126 valence electrons. The first-order chi connectivity index (χ1) is 10.9. The summed E-state index contributed by atoms with van der Waals surface area (Å²) in [5.41, 5.74) is 0. The van der Waals surface area contributed by atoms with Gasteiger partial charge in [0, 0.05) is 0 Å². The van der Waals surface area contributed by atoms with Crippen LogP contribution in [0.5, 0.6) is 0 Å². The van der Waals surface area contributed by atoms with Crippen molar-refractivity contribution in [2.75, 3.05) is 13.1 Å². The standard InChI is InChI=1S/C13H19N2O2.C5H5.Fe/c1-11(15(16)17)13(12-7-3-4-8-12)14-9-5-2-6-10-14;1-2-4-5-3-1;/h3-4,7-8,11,13H,2,5-6,9-10H2,1H3;1-5H;. The molecule has 6 atom stereocenters. The fourth-order valence-electron chi connectivity index (χ4n) is 19.4. The topological polar surface area (TPSA) is 46.4 Å². The van der Waals surface area contributed by atoms with Gasteiger partial charge in [0.2, 0.25) is 0 Å². The van der Waals surface area contributed by atoms with Crippen LogP contribution in [-0.2, 0) is 6.51 Å². The van der Waals surface area contributed by atoms with Crippen LogP contribution in [0.25, 0.3) is 0 Å². The Kier molecular flexibility index (Phi) is 0.467. The fourth-order valence-corrected chi connectivity index (χ4v) is 94.5. The molecule has 23 heavy (non-hydrogen) atoms. The Morgan fingerprint density at radius 2 is 1.52 bits per heavy atom. The van der Waals surface area contributed by atoms with Crippen LogP contribution in [0, 0.1) is 10.1 Å². The third kappa shape index (κ3) is 0.152. The monoisotopic (exact) mass is 356 g/mol. The van der Waals surface area contributed by atoms with Gasteiger partial charge in [0.15, 0.2) is 0 Å². The Bertz CT molecular complexity index is 1080. The predicted molar refractivity (Wildman–Crippen MR) is 82.1 cm³/mol. The second-order valence-electron chi connectivity index (χ2n) is 13.3. The molecule has 11 fully saturated rings. The Morgan fingerprint density at radius 1 is 1.00 bits per heavy atom. The zero-order valence-electron chi connectivity index (χ0n) is 13.5. The van der Waals surface area contributed by atoms with E-state index in [0.717, 1.165) is 0 Å². The molecule has 0 aliphatic carbocycles. The summed E-state index contributed by atoms with van der Waals surface area (Å²) >= 11 is 0. The quantitative estimate of drug-likeness (QED) is 0.429. The molecule has 0 saturated carbocycles. The van der Waals surface area contributed by atoms with Crippen LogP contribution in [-0.4, -0.2) is 35.0 Å². The van der Waals surface area contributed by atoms with Gasteiger partial charge in [-0.15, -0.1) is 0 Å². The first-order valence-electron chi connectivity index (χ1n) is 9.97. The van der Waals surface area contributed by atoms with Crippen molar-refractivity contribution in [3.8, 4) is 0 Å². The molecule has 4 nitrogen and oxygen atoms in total. The van der Waals surface area contributed by atoms with Crippen molar-refractivity contribution in [2.45, 2.75) is 85.9 Å². The molecule has 11 aliphatic heterocycles. The van der Waals surface area contributed by atoms with E-state index < -0.39 is 6.51 Å². The van der Waals surface area contributed by atoms with Crippen molar-refractivity contribution in [3.63, 3.8) is 0 Å². The molecule has 0 aromatic heterocycles. The van der Waals surface area contributed by atoms with E-state index in [1.165, 1.54) is 75.7 Å². The average molecular weight is 356 g/mol. The molecule has 11 aliphatic rings. The van der Waals surface area contributed by atoms with Gasteiger partial charge in [-0.05, 0) is 0 Å². The van der Waals surface area contributed by atoms with Gasteiger partial charge in [-0.1, -0.05) is 0 Å². The van der Waals surface area contributed by atoms with Gasteiger partial charge in [0.25, 0.3) is 0 Å². The summed E-state index contributed by atoms with van der Waals surface area (Å²) < 4.78 is 0.656. The van der Waals surface area contributed by atoms with E-state index in [-0.39, 0.29) is 11.0 Å². The fraction of sp³-hybridized carbons (Fsp3) is 1.00. The minimum absolute atomic E-state index is 0.117. The Labute approximate surface area is 125 Å². The van der Waals surface area contributed by atoms with Crippen molar-refractivity contribution in [2.24, 2.45) is 0 Å². The first kappa shape index (κ1) is 10.1. The van der Waals surface area contributed by atoms with Crippen molar-refractivity contribution < 1.29 is 11.4 Å². The zero-order valence-corrected chi connectivity index (χ0v) is 14.6. The second-order valence-corrected chi connectivity index (χ2v) is 36.9. The van der Waals surface area contributed by atoms with Crippen LogP contribution >= 0.6 is 0 Å². The normalized spacial score (nSPS) is 98.7. The summed E-state index contributed by atoms with van der Waals surface area (Å²) in [5.74, 6) is 0. The van der Waals surface area contributed by atoms with E-state index in [4.69, 9.17) is 0 Å². The Morgan fingerprint density at radius 3 is 1.87 bits per heavy atom. The molecule has 0 bridgehead atoms. The summed E-state index contributed by atoms with van der Waals surface area (Å²) in [4.78, 5) is 26.1. The number of hydrogen-bond donors (Lipinski definition) is 0. The van der Waals surface area contributed by atoms with Crippen molar-refractivity contribution in [1.29, 1.82) is 0 Å². The van der Waals surface area contributed by atoms with Crippen molar-refractivity contribution >= 4 is 0 Å². The van der Waals surface area contributed by atoms with Crippen molar-refractivity contribution in [1.82, 2.24) is 4.90 Å². The average Bonchev–Trinajstić information content (AvgIpc) is 3.49. The number of hydrogen-bond acceptors (Lipinski definition) is 3. The first-order valence-corrected chi connectivity index (χ1v) is 16.3. The molecular formula is C18H24FeN2O2. The molecule has 0 radical (unpaired) electrons. The molecule has 1 spiro atoms. The zero-order chi connectivity index (χ0) is 14.9. The Hall–Kier alpha value is -0.121. The van der Waals surface area contributed by atoms with E-state index in [9.17, 15) is 10.1 Å². The summed E-state index contributed by atoms with van der Waals surface area (Å²) in [7, 11) is 0. The van der Waals surface area contributed by atoms with Crippen LogP contribution in [0.15, 0.2) is 0 Å². The summed E-state index contributed by atoms with van der Waals surface area (Å²) in [6, 6.07) is 0.0830. The predicted octanol–water partition coefficient (Wildman–Crippen LogP) is 4.27. The van der Waals surface area contributed by atoms with Crippen LogP contribution in [0.4, 0.5) is 0 Å². The molecule has 5 heteroatoms. The third-order valence-electron chi connectivity index (χ3n) is 17.8. The molecule has 0 N–H and O–H groups in total. The van der Waals surface area contributed by atoms with Gasteiger partial charge in [-0.25, -0.2) is 0 Å². The maximum atomic E-state index is 11.9. The van der Waals surface area contributed by atoms with Crippen LogP contribution < -0.4 is 0 Å². The van der Waals surface area contributed by atoms with Crippen LogP contribution in [0.1, 0.15) is 26.2 Å². The SMILES string of the molecule is CC(C(N1CCCCC1)[C]12[CH]3[CH]4[CH]5[CH]1[Fe]45321678[CH]2[CH]1[CH]6[CH]7[CH]28)[N+](=O)[O-]. The van der Waals surface area contributed by atoms with E-state index in [0.29, 0.717) is 10.4 Å². The molecule has 0 aromatic carbocycles. The van der Waals surface area contributed by atoms with Gasteiger partial charge in [-0.3, -0.25) is 0 Å². The number of nitrogens with zero attached hydrogens (tertiary/aromatic N) is 2. The molecule has 11 rings (SSSR count). The summed E-state index contributed by atoms with van der Waals surface area (Å²) in [5, 5.41) is 11.9. The number of piperidine rings is 1. The number of fused-ring (bicyclic) bond motifs is 10. The van der Waals surface area contributed by atoms with Gasteiger partial charge in [0.05, 0.1) is 0 Å². The second kappa shape index (κ2) is 1.06. The van der Waals surface area contributed by atoms with Gasteiger partial charge >= 0.3 is 125 Å². The van der Waals surface area contributed by atoms with Gasteiger partial charge in [0.1, 0.15) is 0 Å². The maximum absolute atomic E-state index is 11.9. The molecule has 0 aromatic rings. The minimum atomic E-state index is -3.24. The van der Waals surface area contributed by atoms with E-state index in [1.54, 1.807) is 0 Å². The van der Waals surface area contributed by atoms with Crippen LogP contribution in [0.3, 0.4) is 0 Å². The molecule has 11 saturated heterocycles. The molecule has 0 amide bonds. The van der Waals surface area contributed by atoms with E-state index in [2.05, 4.69) is 4.90 Å². The number of likely N-dealkylation sites (tertiary alicyclic amines) is 1.